The van der Waals surface area contributed by atoms with Gasteiger partial charge in [-0.05, 0) is 25.2 Å². The molecule has 0 amide bonds. The molecule has 1 nitrogen and oxygen atoms in total. The number of hydrogen-bond acceptors (Lipinski definition) is 1. The highest BCUT2D eigenvalue weighted by Gasteiger charge is 2.31. The van der Waals surface area contributed by atoms with E-state index in [0.29, 0.717) is 5.41 Å². The molecule has 1 atom stereocenters. The fraction of sp³-hybridized carbons (Fsp3) is 1.00. The fourth-order valence-electron chi connectivity index (χ4n) is 2.67. The standard InChI is InChI=1S/C14H27BrO/c1-3-7-13(2)10-16-12-14(11-15)8-5-4-6-9-14/h13H,3-12H2,1-2H3. The first-order chi connectivity index (χ1) is 7.72. The van der Waals surface area contributed by atoms with Crippen LogP contribution in [-0.4, -0.2) is 18.5 Å². The molecule has 0 N–H and O–H groups in total. The molecule has 1 saturated carbocycles. The van der Waals surface area contributed by atoms with Crippen LogP contribution in [0.4, 0.5) is 0 Å². The molecule has 2 heteroatoms. The largest absolute Gasteiger partial charge is 0.381 e. The minimum atomic E-state index is 0.449. The Labute approximate surface area is 109 Å². The summed E-state index contributed by atoms with van der Waals surface area (Å²) in [5.41, 5.74) is 0.449. The lowest BCUT2D eigenvalue weighted by molar-refractivity contribution is 0.0190. The molecule has 96 valence electrons. The molecule has 0 aliphatic heterocycles. The molecule has 0 aromatic rings. The molecular formula is C14H27BrO. The monoisotopic (exact) mass is 290 g/mol. The van der Waals surface area contributed by atoms with Crippen molar-refractivity contribution < 1.29 is 4.74 Å². The Morgan fingerprint density at radius 1 is 1.25 bits per heavy atom. The minimum absolute atomic E-state index is 0.449. The van der Waals surface area contributed by atoms with E-state index in [9.17, 15) is 0 Å². The Morgan fingerprint density at radius 2 is 1.94 bits per heavy atom. The molecule has 0 radical (unpaired) electrons. The van der Waals surface area contributed by atoms with E-state index in [1.54, 1.807) is 0 Å². The third-order valence-corrected chi connectivity index (χ3v) is 4.98. The van der Waals surface area contributed by atoms with E-state index in [1.165, 1.54) is 44.9 Å². The van der Waals surface area contributed by atoms with Crippen LogP contribution in [0.3, 0.4) is 0 Å². The number of alkyl halides is 1. The molecule has 0 aromatic heterocycles. The topological polar surface area (TPSA) is 9.23 Å². The normalized spacial score (nSPS) is 21.9. The molecule has 0 heterocycles. The Kier molecular flexibility index (Phi) is 6.98. The summed E-state index contributed by atoms with van der Waals surface area (Å²) in [4.78, 5) is 0. The number of rotatable bonds is 7. The van der Waals surface area contributed by atoms with Crippen LogP contribution in [0.1, 0.15) is 58.8 Å². The van der Waals surface area contributed by atoms with Crippen LogP contribution in [0.15, 0.2) is 0 Å². The predicted octanol–water partition coefficient (Wildman–Crippen LogP) is 4.78. The lowest BCUT2D eigenvalue weighted by atomic mass is 9.76. The van der Waals surface area contributed by atoms with Crippen LogP contribution in [-0.2, 0) is 4.74 Å². The lowest BCUT2D eigenvalue weighted by Gasteiger charge is -2.35. The summed E-state index contributed by atoms with van der Waals surface area (Å²) in [6, 6.07) is 0. The highest BCUT2D eigenvalue weighted by atomic mass is 79.9. The first kappa shape index (κ1) is 14.5. The van der Waals surface area contributed by atoms with E-state index in [4.69, 9.17) is 4.74 Å². The fourth-order valence-corrected chi connectivity index (χ4v) is 3.39. The first-order valence-electron chi connectivity index (χ1n) is 6.86. The van der Waals surface area contributed by atoms with Gasteiger partial charge in [0.15, 0.2) is 0 Å². The Hall–Kier alpha value is 0.440. The van der Waals surface area contributed by atoms with Gasteiger partial charge in [-0.15, -0.1) is 0 Å². The molecule has 0 spiro atoms. The number of hydrogen-bond donors (Lipinski definition) is 0. The summed E-state index contributed by atoms with van der Waals surface area (Å²) in [7, 11) is 0. The van der Waals surface area contributed by atoms with Gasteiger partial charge in [0.05, 0.1) is 6.61 Å². The van der Waals surface area contributed by atoms with Gasteiger partial charge in [0, 0.05) is 17.4 Å². The second-order valence-electron chi connectivity index (χ2n) is 5.60. The van der Waals surface area contributed by atoms with Crippen LogP contribution >= 0.6 is 15.9 Å². The molecule has 0 bridgehead atoms. The van der Waals surface area contributed by atoms with Crippen LogP contribution < -0.4 is 0 Å². The van der Waals surface area contributed by atoms with E-state index in [1.807, 2.05) is 0 Å². The van der Waals surface area contributed by atoms with Crippen molar-refractivity contribution in [3.05, 3.63) is 0 Å². The van der Waals surface area contributed by atoms with Crippen LogP contribution in [0.25, 0.3) is 0 Å². The van der Waals surface area contributed by atoms with Gasteiger partial charge in [-0.25, -0.2) is 0 Å². The summed E-state index contributed by atoms with van der Waals surface area (Å²) in [6.07, 6.45) is 9.45. The number of halogens is 1. The quantitative estimate of drug-likeness (QED) is 0.613. The van der Waals surface area contributed by atoms with Gasteiger partial charge in [-0.3, -0.25) is 0 Å². The maximum Gasteiger partial charge on any atom is 0.0530 e. The molecule has 0 aromatic carbocycles. The average Bonchev–Trinajstić information content (AvgIpc) is 2.31. The average molecular weight is 291 g/mol. The molecule has 1 rings (SSSR count). The van der Waals surface area contributed by atoms with E-state index >= 15 is 0 Å². The van der Waals surface area contributed by atoms with E-state index in [-0.39, 0.29) is 0 Å². The second kappa shape index (κ2) is 7.71. The van der Waals surface area contributed by atoms with E-state index in [0.717, 1.165) is 24.5 Å². The van der Waals surface area contributed by atoms with Gasteiger partial charge in [-0.2, -0.15) is 0 Å². The smallest absolute Gasteiger partial charge is 0.0530 e. The van der Waals surface area contributed by atoms with Gasteiger partial charge >= 0.3 is 0 Å². The molecule has 1 aliphatic carbocycles. The zero-order valence-electron chi connectivity index (χ0n) is 10.9. The zero-order valence-corrected chi connectivity index (χ0v) is 12.5. The minimum Gasteiger partial charge on any atom is -0.381 e. The highest BCUT2D eigenvalue weighted by Crippen LogP contribution is 2.38. The summed E-state index contributed by atoms with van der Waals surface area (Å²) >= 11 is 3.69. The van der Waals surface area contributed by atoms with Gasteiger partial charge in [0.1, 0.15) is 0 Å². The third-order valence-electron chi connectivity index (χ3n) is 3.79. The highest BCUT2D eigenvalue weighted by molar-refractivity contribution is 9.09. The first-order valence-corrected chi connectivity index (χ1v) is 7.98. The predicted molar refractivity (Wildman–Crippen MR) is 74.2 cm³/mol. The molecule has 1 aliphatic rings. The zero-order chi connectivity index (χ0) is 11.9. The van der Waals surface area contributed by atoms with Gasteiger partial charge in [-0.1, -0.05) is 55.5 Å². The van der Waals surface area contributed by atoms with Crippen molar-refractivity contribution >= 4 is 15.9 Å². The van der Waals surface area contributed by atoms with Crippen molar-refractivity contribution in [1.82, 2.24) is 0 Å². The Morgan fingerprint density at radius 3 is 2.50 bits per heavy atom. The van der Waals surface area contributed by atoms with Gasteiger partial charge in [0.2, 0.25) is 0 Å². The van der Waals surface area contributed by atoms with Crippen molar-refractivity contribution in [2.45, 2.75) is 58.8 Å². The summed E-state index contributed by atoms with van der Waals surface area (Å²) in [5.74, 6) is 0.723. The maximum absolute atomic E-state index is 5.95. The summed E-state index contributed by atoms with van der Waals surface area (Å²) < 4.78 is 5.95. The SMILES string of the molecule is CCCC(C)COCC1(CBr)CCCCC1. The molecular weight excluding hydrogens is 264 g/mol. The van der Waals surface area contributed by atoms with Crippen LogP contribution in [0.2, 0.25) is 0 Å². The van der Waals surface area contributed by atoms with Crippen molar-refractivity contribution in [2.24, 2.45) is 11.3 Å². The van der Waals surface area contributed by atoms with Crippen molar-refractivity contribution in [1.29, 1.82) is 0 Å². The van der Waals surface area contributed by atoms with Crippen molar-refractivity contribution in [2.75, 3.05) is 18.5 Å². The summed E-state index contributed by atoms with van der Waals surface area (Å²) in [6.45, 7) is 6.46. The molecule has 1 fully saturated rings. The second-order valence-corrected chi connectivity index (χ2v) is 6.16. The Bertz CT molecular complexity index is 176. The lowest BCUT2D eigenvalue weighted by Crippen LogP contribution is -2.32. The van der Waals surface area contributed by atoms with Crippen LogP contribution in [0, 0.1) is 11.3 Å². The third kappa shape index (κ3) is 4.75. The van der Waals surface area contributed by atoms with Crippen LogP contribution in [0.5, 0.6) is 0 Å². The van der Waals surface area contributed by atoms with Gasteiger partial charge in [0.25, 0.3) is 0 Å². The summed E-state index contributed by atoms with van der Waals surface area (Å²) in [5, 5.41) is 1.11. The van der Waals surface area contributed by atoms with Crippen molar-refractivity contribution in [3.63, 3.8) is 0 Å². The molecule has 1 unspecified atom stereocenters. The number of ether oxygens (including phenoxy) is 1. The van der Waals surface area contributed by atoms with E-state index in [2.05, 4.69) is 29.8 Å². The van der Waals surface area contributed by atoms with Crippen molar-refractivity contribution in [3.8, 4) is 0 Å². The Balaban J connectivity index is 2.22. The van der Waals surface area contributed by atoms with E-state index < -0.39 is 0 Å². The maximum atomic E-state index is 5.95. The molecule has 0 saturated heterocycles. The molecule has 16 heavy (non-hydrogen) atoms. The van der Waals surface area contributed by atoms with Gasteiger partial charge < -0.3 is 4.74 Å².